The zero-order chi connectivity index (χ0) is 5.98. The summed E-state index contributed by atoms with van der Waals surface area (Å²) in [6, 6.07) is 0. The molecule has 1 fully saturated rings. The fourth-order valence-corrected chi connectivity index (χ4v) is 5.74. The average molecular weight is 337 g/mol. The summed E-state index contributed by atoms with van der Waals surface area (Å²) >= 11 is 3.16. The Labute approximate surface area is 71.2 Å². The molecule has 0 heterocycles. The first kappa shape index (κ1) is 7.57. The van der Waals surface area contributed by atoms with E-state index in [9.17, 15) is 0 Å². The van der Waals surface area contributed by atoms with Crippen LogP contribution in [0.4, 0.5) is 0 Å². The molecule has 0 amide bonds. The maximum atomic E-state index is 2.61. The van der Waals surface area contributed by atoms with Crippen LogP contribution in [0.5, 0.6) is 0 Å². The first-order valence-corrected chi connectivity index (χ1v) is 10.6. The van der Waals surface area contributed by atoms with E-state index in [1.54, 1.807) is 0 Å². The van der Waals surface area contributed by atoms with Crippen LogP contribution in [0.1, 0.15) is 26.2 Å². The standard InChI is InChI=1S/C6H11I2/c1-5-2-3-6(4-5)8-7/h5-6H,2-4H2,1H3/q-1. The van der Waals surface area contributed by atoms with Crippen molar-refractivity contribution in [1.82, 2.24) is 0 Å². The Morgan fingerprint density at radius 1 is 1.50 bits per heavy atom. The molecular formula is C6H11I2-. The molecule has 0 aromatic heterocycles. The fourth-order valence-electron chi connectivity index (χ4n) is 1.21. The van der Waals surface area contributed by atoms with Crippen LogP contribution in [0.25, 0.3) is 0 Å². The molecule has 2 atom stereocenters. The normalized spacial score (nSPS) is 38.8. The molecule has 1 aliphatic rings. The van der Waals surface area contributed by atoms with Gasteiger partial charge in [0, 0.05) is 0 Å². The monoisotopic (exact) mass is 337 g/mol. The second-order valence-electron chi connectivity index (χ2n) is 2.60. The Balaban J connectivity index is 2.22. The Bertz CT molecular complexity index is 72.9. The number of hydrogen-bond donors (Lipinski definition) is 0. The molecule has 2 unspecified atom stereocenters. The van der Waals surface area contributed by atoms with E-state index in [0.717, 1.165) is 5.92 Å². The van der Waals surface area contributed by atoms with Crippen LogP contribution in [0.3, 0.4) is 0 Å². The van der Waals surface area contributed by atoms with E-state index < -0.39 is 0 Å². The van der Waals surface area contributed by atoms with Gasteiger partial charge in [0.05, 0.1) is 0 Å². The third kappa shape index (κ3) is 2.01. The van der Waals surface area contributed by atoms with Gasteiger partial charge in [0.1, 0.15) is 0 Å². The Kier molecular flexibility index (Phi) is 3.39. The SMILES string of the molecule is CC1CCC([I-]I)C1. The molecule has 0 aliphatic heterocycles. The molecule has 0 spiro atoms. The van der Waals surface area contributed by atoms with Crippen LogP contribution in [0.15, 0.2) is 0 Å². The van der Waals surface area contributed by atoms with Gasteiger partial charge < -0.3 is 0 Å². The van der Waals surface area contributed by atoms with Crippen LogP contribution in [0.2, 0.25) is 0 Å². The molecular weight excluding hydrogens is 326 g/mol. The zero-order valence-electron chi connectivity index (χ0n) is 5.03. The Morgan fingerprint density at radius 3 is 2.50 bits per heavy atom. The molecule has 1 aliphatic carbocycles. The van der Waals surface area contributed by atoms with Crippen molar-refractivity contribution in [2.75, 3.05) is 0 Å². The summed E-state index contributed by atoms with van der Waals surface area (Å²) in [7, 11) is 0. The number of alkyl halides is 1. The molecule has 0 saturated heterocycles. The van der Waals surface area contributed by atoms with E-state index >= 15 is 0 Å². The van der Waals surface area contributed by atoms with Gasteiger partial charge in [-0.2, -0.15) is 0 Å². The van der Waals surface area contributed by atoms with Crippen molar-refractivity contribution in [2.24, 2.45) is 5.92 Å². The zero-order valence-corrected chi connectivity index (χ0v) is 9.35. The van der Waals surface area contributed by atoms with Crippen molar-refractivity contribution in [3.05, 3.63) is 0 Å². The molecule has 0 bridgehead atoms. The summed E-state index contributed by atoms with van der Waals surface area (Å²) in [6.07, 6.45) is 4.58. The van der Waals surface area contributed by atoms with Crippen LogP contribution in [-0.2, 0) is 0 Å². The van der Waals surface area contributed by atoms with E-state index in [1.807, 2.05) is 0 Å². The van der Waals surface area contributed by atoms with Crippen LogP contribution in [-0.4, -0.2) is 3.92 Å². The van der Waals surface area contributed by atoms with Gasteiger partial charge in [-0.25, -0.2) is 0 Å². The molecule has 50 valence electrons. The first-order valence-electron chi connectivity index (χ1n) is 3.07. The summed E-state index contributed by atoms with van der Waals surface area (Å²) in [5.41, 5.74) is 0. The van der Waals surface area contributed by atoms with Gasteiger partial charge in [-0.1, -0.05) is 0 Å². The van der Waals surface area contributed by atoms with Crippen LogP contribution in [0, 0.1) is 5.92 Å². The van der Waals surface area contributed by atoms with Gasteiger partial charge in [0.15, 0.2) is 0 Å². The summed E-state index contributed by atoms with van der Waals surface area (Å²) in [5.74, 6) is 1.05. The van der Waals surface area contributed by atoms with Gasteiger partial charge in [-0.15, -0.1) is 0 Å². The summed E-state index contributed by atoms with van der Waals surface area (Å²) in [4.78, 5) is 0. The average Bonchev–Trinajstić information content (AvgIpc) is 2.14. The van der Waals surface area contributed by atoms with E-state index in [-0.39, 0.29) is 0 Å². The topological polar surface area (TPSA) is 0 Å². The molecule has 1 rings (SSSR count). The first-order chi connectivity index (χ1) is 3.83. The maximum absolute atomic E-state index is 2.61. The molecule has 0 N–H and O–H groups in total. The second kappa shape index (κ2) is 3.58. The number of hydrogen-bond acceptors (Lipinski definition) is 0. The third-order valence-electron chi connectivity index (χ3n) is 1.75. The van der Waals surface area contributed by atoms with Gasteiger partial charge >= 0.3 is 71.9 Å². The summed E-state index contributed by atoms with van der Waals surface area (Å²) < 4.78 is 1.17. The molecule has 0 nitrogen and oxygen atoms in total. The molecule has 1 saturated carbocycles. The van der Waals surface area contributed by atoms with Gasteiger partial charge in [0.2, 0.25) is 0 Å². The third-order valence-corrected chi connectivity index (χ3v) is 8.01. The minimum atomic E-state index is 0.547. The minimum absolute atomic E-state index is 0.547. The number of rotatable bonds is 1. The van der Waals surface area contributed by atoms with Crippen molar-refractivity contribution in [3.8, 4) is 0 Å². The van der Waals surface area contributed by atoms with Crippen LogP contribution >= 0.6 is 18.6 Å². The van der Waals surface area contributed by atoms with E-state index in [0.29, 0.717) is 17.2 Å². The number of halogens is 2. The van der Waals surface area contributed by atoms with Crippen molar-refractivity contribution in [2.45, 2.75) is 30.1 Å². The summed E-state index contributed by atoms with van der Waals surface area (Å²) in [5, 5.41) is 0. The summed E-state index contributed by atoms with van der Waals surface area (Å²) in [6.45, 7) is 2.38. The van der Waals surface area contributed by atoms with E-state index in [2.05, 4.69) is 25.5 Å². The predicted molar refractivity (Wildman–Crippen MR) is 40.8 cm³/mol. The van der Waals surface area contributed by atoms with Gasteiger partial charge in [-0.3, -0.25) is 0 Å². The second-order valence-corrected chi connectivity index (χ2v) is 7.99. The molecule has 2 heteroatoms. The van der Waals surface area contributed by atoms with E-state index in [1.165, 1.54) is 23.2 Å². The molecule has 0 aromatic carbocycles. The Morgan fingerprint density at radius 2 is 2.25 bits per heavy atom. The predicted octanol–water partition coefficient (Wildman–Crippen LogP) is -0.386. The molecule has 0 aromatic rings. The van der Waals surface area contributed by atoms with Crippen molar-refractivity contribution in [3.63, 3.8) is 0 Å². The van der Waals surface area contributed by atoms with Crippen molar-refractivity contribution in [1.29, 1.82) is 0 Å². The van der Waals surface area contributed by atoms with Crippen molar-refractivity contribution >= 4 is 18.6 Å². The molecule has 8 heavy (non-hydrogen) atoms. The van der Waals surface area contributed by atoms with Gasteiger partial charge in [0.25, 0.3) is 0 Å². The Hall–Kier alpha value is 1.46. The van der Waals surface area contributed by atoms with E-state index in [4.69, 9.17) is 0 Å². The fraction of sp³-hybridized carbons (Fsp3) is 1.00. The molecule has 0 radical (unpaired) electrons. The van der Waals surface area contributed by atoms with Crippen molar-refractivity contribution < 1.29 is 17.2 Å². The van der Waals surface area contributed by atoms with Gasteiger partial charge in [-0.05, 0) is 0 Å². The van der Waals surface area contributed by atoms with Crippen LogP contribution < -0.4 is 17.2 Å². The quantitative estimate of drug-likeness (QED) is 0.452.